The van der Waals surface area contributed by atoms with Gasteiger partial charge in [-0.05, 0) is 36.8 Å². The lowest BCUT2D eigenvalue weighted by Crippen LogP contribution is -2.38. The van der Waals surface area contributed by atoms with Crippen LogP contribution < -0.4 is 5.32 Å². The van der Waals surface area contributed by atoms with Gasteiger partial charge >= 0.3 is 0 Å². The first-order chi connectivity index (χ1) is 8.79. The van der Waals surface area contributed by atoms with E-state index in [2.05, 4.69) is 11.4 Å². The van der Waals surface area contributed by atoms with E-state index >= 15 is 0 Å². The second kappa shape index (κ2) is 4.85. The minimum atomic E-state index is -3.08. The zero-order valence-corrected chi connectivity index (χ0v) is 12.3. The topological polar surface area (TPSA) is 46.2 Å². The van der Waals surface area contributed by atoms with E-state index in [0.717, 1.165) is 11.1 Å². The third-order valence-corrected chi connectivity index (χ3v) is 5.62. The van der Waals surface area contributed by atoms with Crippen molar-refractivity contribution in [1.29, 1.82) is 0 Å². The molecule has 102 valence electrons. The molecule has 0 heterocycles. The second-order valence-corrected chi connectivity index (χ2v) is 8.10. The minimum absolute atomic E-state index is 0.393. The fourth-order valence-corrected chi connectivity index (χ4v) is 2.08. The molecular formula is C15H19NO2S. The molecule has 0 unspecified atom stereocenters. The van der Waals surface area contributed by atoms with E-state index in [1.165, 1.54) is 11.6 Å². The first-order valence-corrected chi connectivity index (χ1v) is 8.11. The quantitative estimate of drug-likeness (QED) is 0.934. The van der Waals surface area contributed by atoms with Crippen LogP contribution in [0.3, 0.4) is 0 Å². The highest BCUT2D eigenvalue weighted by atomic mass is 32.2. The van der Waals surface area contributed by atoms with Gasteiger partial charge in [0.15, 0.2) is 9.84 Å². The lowest BCUT2D eigenvalue weighted by molar-refractivity contribution is 0.560. The Kier molecular flexibility index (Phi) is 3.54. The van der Waals surface area contributed by atoms with Crippen molar-refractivity contribution >= 4 is 26.3 Å². The third-order valence-electron chi connectivity index (χ3n) is 3.47. The molecule has 19 heavy (non-hydrogen) atoms. The molecule has 0 atom stereocenters. The summed E-state index contributed by atoms with van der Waals surface area (Å²) in [5, 5.41) is 5.52. The number of hydrogen-bond acceptors (Lipinski definition) is 3. The molecule has 1 N–H and O–H groups in total. The van der Waals surface area contributed by atoms with Crippen molar-refractivity contribution in [3.05, 3.63) is 42.5 Å². The summed E-state index contributed by atoms with van der Waals surface area (Å²) in [5.74, 6) is 0. The monoisotopic (exact) mass is 277 g/mol. The highest BCUT2D eigenvalue weighted by molar-refractivity contribution is 7.92. The molecule has 0 bridgehead atoms. The summed E-state index contributed by atoms with van der Waals surface area (Å²) in [4.78, 5) is 0. The Bertz CT molecular complexity index is 690. The van der Waals surface area contributed by atoms with Gasteiger partial charge in [0.2, 0.25) is 0 Å². The summed E-state index contributed by atoms with van der Waals surface area (Å²) in [5.41, 5.74) is 0.940. The molecule has 0 amide bonds. The van der Waals surface area contributed by atoms with Gasteiger partial charge in [-0.2, -0.15) is 0 Å². The number of benzene rings is 2. The molecule has 0 aliphatic carbocycles. The third kappa shape index (κ3) is 3.07. The molecule has 0 saturated heterocycles. The van der Waals surface area contributed by atoms with Crippen LogP contribution in [0.4, 0.5) is 5.69 Å². The van der Waals surface area contributed by atoms with E-state index in [4.69, 9.17) is 0 Å². The largest absolute Gasteiger partial charge is 0.383 e. The van der Waals surface area contributed by atoms with Gasteiger partial charge in [0.25, 0.3) is 0 Å². The lowest BCUT2D eigenvalue weighted by atomic mass is 10.1. The van der Waals surface area contributed by atoms with E-state index < -0.39 is 14.6 Å². The number of anilines is 1. The molecule has 0 radical (unpaired) electrons. The van der Waals surface area contributed by atoms with Crippen molar-refractivity contribution < 1.29 is 8.42 Å². The average Bonchev–Trinajstić information content (AvgIpc) is 2.35. The molecule has 0 saturated carbocycles. The zero-order chi connectivity index (χ0) is 14.1. The van der Waals surface area contributed by atoms with Gasteiger partial charge in [-0.1, -0.05) is 30.3 Å². The van der Waals surface area contributed by atoms with Crippen LogP contribution in [0.2, 0.25) is 0 Å². The van der Waals surface area contributed by atoms with Crippen LogP contribution in [0.15, 0.2) is 42.5 Å². The van der Waals surface area contributed by atoms with Crippen molar-refractivity contribution in [3.63, 3.8) is 0 Å². The molecule has 0 spiro atoms. The summed E-state index contributed by atoms with van der Waals surface area (Å²) >= 11 is 0. The van der Waals surface area contributed by atoms with Crippen molar-refractivity contribution in [2.24, 2.45) is 0 Å². The Hall–Kier alpha value is -1.55. The lowest BCUT2D eigenvalue weighted by Gasteiger charge is -2.23. The van der Waals surface area contributed by atoms with Crippen molar-refractivity contribution in [1.82, 2.24) is 0 Å². The predicted octanol–water partition coefficient (Wildman–Crippen LogP) is 3.07. The maximum absolute atomic E-state index is 11.6. The van der Waals surface area contributed by atoms with Gasteiger partial charge in [0, 0.05) is 18.5 Å². The van der Waals surface area contributed by atoms with Crippen molar-refractivity contribution in [2.75, 3.05) is 18.1 Å². The smallest absolute Gasteiger partial charge is 0.154 e. The van der Waals surface area contributed by atoms with E-state index in [-0.39, 0.29) is 0 Å². The molecular weight excluding hydrogens is 258 g/mol. The van der Waals surface area contributed by atoms with Crippen LogP contribution in [0, 0.1) is 0 Å². The van der Waals surface area contributed by atoms with E-state index in [9.17, 15) is 8.42 Å². The van der Waals surface area contributed by atoms with Crippen molar-refractivity contribution in [3.8, 4) is 0 Å². The predicted molar refractivity (Wildman–Crippen MR) is 81.4 cm³/mol. The van der Waals surface area contributed by atoms with Gasteiger partial charge in [-0.3, -0.25) is 0 Å². The molecule has 2 rings (SSSR count). The van der Waals surface area contributed by atoms with Crippen LogP contribution >= 0.6 is 0 Å². The molecule has 0 aromatic heterocycles. The summed E-state index contributed by atoms with van der Waals surface area (Å²) in [6.07, 6.45) is 1.27. The standard InChI is InChI=1S/C15H19NO2S/c1-15(2,19(3,17)18)11-16-14-9-8-12-6-4-5-7-13(12)10-14/h4-10,16H,11H2,1-3H3. The maximum Gasteiger partial charge on any atom is 0.154 e. The molecule has 3 nitrogen and oxygen atoms in total. The molecule has 4 heteroatoms. The minimum Gasteiger partial charge on any atom is -0.383 e. The zero-order valence-electron chi connectivity index (χ0n) is 11.5. The van der Waals surface area contributed by atoms with Gasteiger partial charge in [0.05, 0.1) is 4.75 Å². The Balaban J connectivity index is 2.19. The summed E-state index contributed by atoms with van der Waals surface area (Å²) < 4.78 is 22.5. The Morgan fingerprint density at radius 2 is 1.68 bits per heavy atom. The van der Waals surface area contributed by atoms with Crippen LogP contribution in [-0.4, -0.2) is 26.0 Å². The fraction of sp³-hybridized carbons (Fsp3) is 0.333. The first-order valence-electron chi connectivity index (χ1n) is 6.22. The summed E-state index contributed by atoms with van der Waals surface area (Å²) in [6.45, 7) is 3.86. The second-order valence-electron chi connectivity index (χ2n) is 5.45. The number of rotatable bonds is 4. The van der Waals surface area contributed by atoms with E-state index in [1.807, 2.05) is 36.4 Å². The van der Waals surface area contributed by atoms with Crippen LogP contribution in [-0.2, 0) is 9.84 Å². The van der Waals surface area contributed by atoms with Gasteiger partial charge in [-0.15, -0.1) is 0 Å². The summed E-state index contributed by atoms with van der Waals surface area (Å²) in [7, 11) is -3.08. The number of sulfone groups is 1. The highest BCUT2D eigenvalue weighted by Gasteiger charge is 2.29. The SMILES string of the molecule is CC(C)(CNc1ccc2ccccc2c1)S(C)(=O)=O. The average molecular weight is 277 g/mol. The maximum atomic E-state index is 11.6. The van der Waals surface area contributed by atoms with Crippen molar-refractivity contribution in [2.45, 2.75) is 18.6 Å². The highest BCUT2D eigenvalue weighted by Crippen LogP contribution is 2.21. The normalized spacial score (nSPS) is 12.6. The number of fused-ring (bicyclic) bond motifs is 1. The number of hydrogen-bond donors (Lipinski definition) is 1. The molecule has 2 aromatic carbocycles. The van der Waals surface area contributed by atoms with Gasteiger partial charge in [0.1, 0.15) is 0 Å². The van der Waals surface area contributed by atoms with Gasteiger partial charge < -0.3 is 5.32 Å². The first kappa shape index (κ1) is 13.9. The van der Waals surface area contributed by atoms with E-state index in [1.54, 1.807) is 13.8 Å². The van der Waals surface area contributed by atoms with E-state index in [0.29, 0.717) is 6.54 Å². The molecule has 2 aromatic rings. The van der Waals surface area contributed by atoms with Crippen LogP contribution in [0.25, 0.3) is 10.8 Å². The molecule has 0 aliphatic heterocycles. The van der Waals surface area contributed by atoms with Gasteiger partial charge in [-0.25, -0.2) is 8.42 Å². The Morgan fingerprint density at radius 1 is 1.05 bits per heavy atom. The Labute approximate surface area is 114 Å². The van der Waals surface area contributed by atoms with Crippen LogP contribution in [0.5, 0.6) is 0 Å². The molecule has 0 aliphatic rings. The van der Waals surface area contributed by atoms with Crippen LogP contribution in [0.1, 0.15) is 13.8 Å². The fourth-order valence-electron chi connectivity index (χ4n) is 1.75. The number of nitrogens with one attached hydrogen (secondary N) is 1. The molecule has 0 fully saturated rings. The Morgan fingerprint density at radius 3 is 2.32 bits per heavy atom. The summed E-state index contributed by atoms with van der Waals surface area (Å²) in [6, 6.07) is 14.1.